The fourth-order valence-electron chi connectivity index (χ4n) is 2.44. The minimum absolute atomic E-state index is 0.113. The summed E-state index contributed by atoms with van der Waals surface area (Å²) in [6.07, 6.45) is -0.0801. The summed E-state index contributed by atoms with van der Waals surface area (Å²) < 4.78 is 11.5. The number of benzene rings is 1. The molecule has 0 aliphatic carbocycles. The van der Waals surface area contributed by atoms with Gasteiger partial charge in [-0.25, -0.2) is 9.78 Å². The van der Waals surface area contributed by atoms with E-state index in [1.807, 2.05) is 13.8 Å². The highest BCUT2D eigenvalue weighted by atomic mass is 32.2. The monoisotopic (exact) mass is 407 g/mol. The van der Waals surface area contributed by atoms with Gasteiger partial charge in [-0.2, -0.15) is 0 Å². The summed E-state index contributed by atoms with van der Waals surface area (Å²) in [6.45, 7) is 6.46. The number of ether oxygens (including phenoxy) is 2. The van der Waals surface area contributed by atoms with Crippen LogP contribution in [0.4, 0.5) is 4.79 Å². The second-order valence-corrected chi connectivity index (χ2v) is 7.69. The fourth-order valence-corrected chi connectivity index (χ4v) is 3.38. The number of nitrogens with one attached hydrogen (secondary N) is 1. The first-order valence-electron chi connectivity index (χ1n) is 9.00. The lowest BCUT2D eigenvalue weighted by Gasteiger charge is -2.16. The van der Waals surface area contributed by atoms with Crippen molar-refractivity contribution in [2.45, 2.75) is 50.2 Å². The lowest BCUT2D eigenvalue weighted by Crippen LogP contribution is -2.36. The first-order chi connectivity index (χ1) is 13.3. The molecule has 0 bridgehead atoms. The van der Waals surface area contributed by atoms with Gasteiger partial charge >= 0.3 is 6.09 Å². The number of amides is 2. The zero-order valence-electron chi connectivity index (χ0n) is 16.4. The number of alkyl carbamates (subject to hydrolysis) is 1. The number of hydrogen-bond donors (Lipinski definition) is 1. The highest BCUT2D eigenvalue weighted by molar-refractivity contribution is 8.00. The van der Waals surface area contributed by atoms with Gasteiger partial charge in [0.1, 0.15) is 0 Å². The second kappa shape index (κ2) is 10.2. The molecule has 0 radical (unpaired) electrons. The smallest absolute Gasteiger partial charge is 0.413 e. The number of fused-ring (bicyclic) bond motifs is 1. The molecule has 1 aromatic carbocycles. The van der Waals surface area contributed by atoms with E-state index in [4.69, 9.17) is 4.74 Å². The van der Waals surface area contributed by atoms with Crippen LogP contribution in [0.1, 0.15) is 27.2 Å². The molecular formula is C19H25N3O5S. The van der Waals surface area contributed by atoms with E-state index >= 15 is 0 Å². The number of nitrogens with zero attached hydrogens (tertiary/aromatic N) is 2. The number of carbonyl (C=O) groups excluding carboxylic acids is 2. The molecule has 0 aliphatic heterocycles. The maximum Gasteiger partial charge on any atom is 0.413 e. The molecule has 0 saturated heterocycles. The minimum atomic E-state index is -0.827. The molecule has 1 atom stereocenters. The molecule has 0 saturated carbocycles. The van der Waals surface area contributed by atoms with E-state index in [9.17, 15) is 14.4 Å². The maximum absolute atomic E-state index is 12.9. The summed E-state index contributed by atoms with van der Waals surface area (Å²) in [5.41, 5.74) is 0.392. The van der Waals surface area contributed by atoms with Gasteiger partial charge in [0.15, 0.2) is 5.16 Å². The van der Waals surface area contributed by atoms with E-state index in [1.165, 1.54) is 7.11 Å². The Kier molecular flexibility index (Phi) is 8.01. The lowest BCUT2D eigenvalue weighted by atomic mass is 10.2. The van der Waals surface area contributed by atoms with Crippen LogP contribution in [0.25, 0.3) is 10.9 Å². The zero-order chi connectivity index (χ0) is 20.7. The van der Waals surface area contributed by atoms with Crippen LogP contribution in [0.15, 0.2) is 34.2 Å². The number of methoxy groups -OCH3 is 1. The van der Waals surface area contributed by atoms with Gasteiger partial charge in [0.05, 0.1) is 29.4 Å². The third kappa shape index (κ3) is 5.80. The molecule has 2 amide bonds. The summed E-state index contributed by atoms with van der Waals surface area (Å²) >= 11 is 1.12. The Hall–Kier alpha value is -2.39. The zero-order valence-corrected chi connectivity index (χ0v) is 17.2. The summed E-state index contributed by atoms with van der Waals surface area (Å²) in [5.74, 6) is -0.519. The Morgan fingerprint density at radius 3 is 2.64 bits per heavy atom. The fraction of sp³-hybridized carbons (Fsp3) is 0.474. The summed E-state index contributed by atoms with van der Waals surface area (Å²) in [7, 11) is 1.18. The number of hydrogen-bond acceptors (Lipinski definition) is 7. The van der Waals surface area contributed by atoms with Crippen molar-refractivity contribution >= 4 is 34.7 Å². The molecule has 0 unspecified atom stereocenters. The molecule has 0 aliphatic rings. The molecule has 2 rings (SSSR count). The molecule has 2 aromatic rings. The molecule has 0 spiro atoms. The standard InChI is InChI=1S/C19H25N3O5S/c1-12(2)27-11-7-10-22-17(24)14-8-5-6-9-15(14)20-18(22)28-13(3)16(23)21-19(25)26-4/h5-6,8-9,12-13H,7,10-11H2,1-4H3,(H,21,23,25)/t13-/m1/s1. The van der Waals surface area contributed by atoms with Crippen LogP contribution < -0.4 is 10.9 Å². The number of thioether (sulfide) groups is 1. The average molecular weight is 407 g/mol. The van der Waals surface area contributed by atoms with E-state index in [0.29, 0.717) is 35.6 Å². The average Bonchev–Trinajstić information content (AvgIpc) is 2.66. The first-order valence-corrected chi connectivity index (χ1v) is 9.88. The first kappa shape index (κ1) is 21.9. The lowest BCUT2D eigenvalue weighted by molar-refractivity contribution is -0.119. The third-order valence-electron chi connectivity index (χ3n) is 3.87. The van der Waals surface area contributed by atoms with Gasteiger partial charge in [0.2, 0.25) is 5.91 Å². The SMILES string of the molecule is COC(=O)NC(=O)[C@@H](C)Sc1nc2ccccc2c(=O)n1CCCOC(C)C. The summed E-state index contributed by atoms with van der Waals surface area (Å²) in [5, 5.41) is 2.42. The van der Waals surface area contributed by atoms with Gasteiger partial charge in [0, 0.05) is 13.2 Å². The van der Waals surface area contributed by atoms with Crippen molar-refractivity contribution in [3.05, 3.63) is 34.6 Å². The van der Waals surface area contributed by atoms with Crippen LogP contribution in [0.3, 0.4) is 0 Å². The van der Waals surface area contributed by atoms with E-state index in [1.54, 1.807) is 35.8 Å². The van der Waals surface area contributed by atoms with Crippen LogP contribution in [0.2, 0.25) is 0 Å². The second-order valence-electron chi connectivity index (χ2n) is 6.38. The Bertz CT molecular complexity index is 897. The minimum Gasteiger partial charge on any atom is -0.453 e. The summed E-state index contributed by atoms with van der Waals surface area (Å²) in [6, 6.07) is 7.08. The molecule has 1 aromatic heterocycles. The molecule has 9 heteroatoms. The quantitative estimate of drug-likeness (QED) is 0.408. The van der Waals surface area contributed by atoms with Gasteiger partial charge in [-0.3, -0.25) is 19.5 Å². The Morgan fingerprint density at radius 1 is 1.25 bits per heavy atom. The molecule has 8 nitrogen and oxygen atoms in total. The van der Waals surface area contributed by atoms with Crippen molar-refractivity contribution in [1.82, 2.24) is 14.9 Å². The van der Waals surface area contributed by atoms with Crippen molar-refractivity contribution in [3.63, 3.8) is 0 Å². The predicted octanol–water partition coefficient (Wildman–Crippen LogP) is 2.57. The maximum atomic E-state index is 12.9. The van der Waals surface area contributed by atoms with E-state index in [0.717, 1.165) is 11.8 Å². The number of para-hydroxylation sites is 1. The molecule has 28 heavy (non-hydrogen) atoms. The Balaban J connectivity index is 2.28. The van der Waals surface area contributed by atoms with Gasteiger partial charge in [-0.15, -0.1) is 0 Å². The number of imide groups is 1. The summed E-state index contributed by atoms with van der Waals surface area (Å²) in [4.78, 5) is 40.9. The number of aromatic nitrogens is 2. The molecule has 152 valence electrons. The molecular weight excluding hydrogens is 382 g/mol. The van der Waals surface area contributed by atoms with Crippen molar-refractivity contribution in [2.75, 3.05) is 13.7 Å². The predicted molar refractivity (Wildman–Crippen MR) is 108 cm³/mol. The van der Waals surface area contributed by atoms with Crippen LogP contribution in [0, 0.1) is 0 Å². The number of carbonyl (C=O) groups is 2. The van der Waals surface area contributed by atoms with Gasteiger partial charge in [-0.05, 0) is 39.3 Å². The Labute approximate surface area is 167 Å². The largest absolute Gasteiger partial charge is 0.453 e. The highest BCUT2D eigenvalue weighted by Crippen LogP contribution is 2.23. The van der Waals surface area contributed by atoms with Gasteiger partial charge in [0.25, 0.3) is 5.56 Å². The third-order valence-corrected chi connectivity index (χ3v) is 4.96. The molecule has 1 N–H and O–H groups in total. The Morgan fingerprint density at radius 2 is 1.96 bits per heavy atom. The topological polar surface area (TPSA) is 99.5 Å². The molecule has 1 heterocycles. The van der Waals surface area contributed by atoms with Crippen molar-refractivity contribution in [1.29, 1.82) is 0 Å². The van der Waals surface area contributed by atoms with Crippen LogP contribution in [0.5, 0.6) is 0 Å². The van der Waals surface area contributed by atoms with Crippen LogP contribution >= 0.6 is 11.8 Å². The van der Waals surface area contributed by atoms with Crippen molar-refractivity contribution in [2.24, 2.45) is 0 Å². The van der Waals surface area contributed by atoms with Crippen LogP contribution in [-0.4, -0.2) is 46.6 Å². The highest BCUT2D eigenvalue weighted by Gasteiger charge is 2.21. The van der Waals surface area contributed by atoms with Crippen LogP contribution in [-0.2, 0) is 20.8 Å². The van der Waals surface area contributed by atoms with E-state index in [2.05, 4.69) is 15.0 Å². The van der Waals surface area contributed by atoms with Gasteiger partial charge < -0.3 is 9.47 Å². The van der Waals surface area contributed by atoms with E-state index in [-0.39, 0.29) is 11.7 Å². The molecule has 0 fully saturated rings. The normalized spacial score (nSPS) is 12.2. The van der Waals surface area contributed by atoms with Crippen molar-refractivity contribution < 1.29 is 19.1 Å². The van der Waals surface area contributed by atoms with Crippen molar-refractivity contribution in [3.8, 4) is 0 Å². The van der Waals surface area contributed by atoms with E-state index < -0.39 is 17.3 Å². The number of rotatable bonds is 8. The van der Waals surface area contributed by atoms with Gasteiger partial charge in [-0.1, -0.05) is 23.9 Å².